The van der Waals surface area contributed by atoms with Crippen LogP contribution in [0.1, 0.15) is 25.0 Å². The molecule has 136 valence electrons. The van der Waals surface area contributed by atoms with Gasteiger partial charge in [-0.15, -0.1) is 0 Å². The second-order valence-electron chi connectivity index (χ2n) is 7.42. The molecule has 0 fully saturated rings. The number of anilines is 2. The van der Waals surface area contributed by atoms with E-state index in [1.54, 1.807) is 18.7 Å². The van der Waals surface area contributed by atoms with Gasteiger partial charge in [-0.3, -0.25) is 19.4 Å². The fourth-order valence-electron chi connectivity index (χ4n) is 3.26. The van der Waals surface area contributed by atoms with Gasteiger partial charge in [0.05, 0.1) is 17.9 Å². The first-order valence-corrected chi connectivity index (χ1v) is 8.76. The van der Waals surface area contributed by atoms with E-state index >= 15 is 0 Å². The van der Waals surface area contributed by atoms with Crippen LogP contribution < -0.4 is 10.2 Å². The number of nitrogens with zero attached hydrogens (tertiary/aromatic N) is 2. The van der Waals surface area contributed by atoms with Crippen molar-refractivity contribution in [3.8, 4) is 0 Å². The van der Waals surface area contributed by atoms with Crippen LogP contribution in [0.3, 0.4) is 0 Å². The van der Waals surface area contributed by atoms with Crippen LogP contribution in [0.4, 0.5) is 11.4 Å². The van der Waals surface area contributed by atoms with Crippen LogP contribution >= 0.6 is 0 Å². The fourth-order valence-corrected chi connectivity index (χ4v) is 3.26. The molecule has 1 N–H and O–H groups in total. The molecule has 2 aromatic rings. The lowest BCUT2D eigenvalue weighted by Gasteiger charge is -2.42. The Kier molecular flexibility index (Phi) is 4.83. The highest BCUT2D eigenvalue weighted by Crippen LogP contribution is 2.36. The van der Waals surface area contributed by atoms with Crippen molar-refractivity contribution >= 4 is 23.2 Å². The summed E-state index contributed by atoms with van der Waals surface area (Å²) in [5.74, 6) is -0.266. The average Bonchev–Trinajstić information content (AvgIpc) is 2.57. The van der Waals surface area contributed by atoms with Crippen LogP contribution in [-0.2, 0) is 16.1 Å². The summed E-state index contributed by atoms with van der Waals surface area (Å²) in [5, 5.41) is 2.89. The smallest absolute Gasteiger partial charge is 0.250 e. The van der Waals surface area contributed by atoms with Crippen LogP contribution in [-0.4, -0.2) is 35.8 Å². The predicted molar refractivity (Wildman–Crippen MR) is 104 cm³/mol. The minimum atomic E-state index is -0.934. The Labute approximate surface area is 154 Å². The van der Waals surface area contributed by atoms with Gasteiger partial charge < -0.3 is 5.32 Å². The zero-order chi connectivity index (χ0) is 18.9. The molecule has 0 saturated heterocycles. The monoisotopic (exact) mass is 351 g/mol. The van der Waals surface area contributed by atoms with E-state index < -0.39 is 5.54 Å². The fraction of sp³-hybridized carbons (Fsp3) is 0.333. The Morgan fingerprint density at radius 3 is 2.46 bits per heavy atom. The maximum atomic E-state index is 13.1. The quantitative estimate of drug-likeness (QED) is 0.920. The number of likely N-dealkylation sites (N-methyl/N-ethyl adjacent to an activating group) is 1. The minimum absolute atomic E-state index is 0.0908. The van der Waals surface area contributed by atoms with Crippen molar-refractivity contribution in [2.24, 2.45) is 0 Å². The topological polar surface area (TPSA) is 52.7 Å². The molecule has 0 atom stereocenters. The molecule has 0 radical (unpaired) electrons. The molecule has 1 aliphatic heterocycles. The molecule has 3 rings (SSSR count). The number of amides is 2. The number of rotatable bonds is 4. The van der Waals surface area contributed by atoms with E-state index in [0.717, 1.165) is 11.3 Å². The van der Waals surface area contributed by atoms with Crippen molar-refractivity contribution in [2.45, 2.75) is 32.9 Å². The Hall–Kier alpha value is -2.66. The van der Waals surface area contributed by atoms with E-state index in [9.17, 15) is 9.59 Å². The molecule has 0 saturated carbocycles. The van der Waals surface area contributed by atoms with Gasteiger partial charge in [0.25, 0.3) is 0 Å². The van der Waals surface area contributed by atoms with Crippen LogP contribution in [0.5, 0.6) is 0 Å². The molecule has 1 aliphatic rings. The second-order valence-corrected chi connectivity index (χ2v) is 7.42. The van der Waals surface area contributed by atoms with E-state index in [4.69, 9.17) is 0 Å². The number of benzene rings is 2. The number of aryl methyl sites for hydroxylation is 1. The summed E-state index contributed by atoms with van der Waals surface area (Å²) in [6.45, 7) is 6.51. The summed E-state index contributed by atoms with van der Waals surface area (Å²) in [4.78, 5) is 29.2. The SMILES string of the molecule is Cc1ccc(CN(C)CC(=O)N2c3ccccc3NC(=O)C2(C)C)cc1. The van der Waals surface area contributed by atoms with Crippen LogP contribution in [0.2, 0.25) is 0 Å². The summed E-state index contributed by atoms with van der Waals surface area (Å²) < 4.78 is 0. The Morgan fingerprint density at radius 1 is 1.12 bits per heavy atom. The highest BCUT2D eigenvalue weighted by molar-refractivity contribution is 6.14. The minimum Gasteiger partial charge on any atom is -0.322 e. The number of carbonyl (C=O) groups excluding carboxylic acids is 2. The van der Waals surface area contributed by atoms with E-state index in [-0.39, 0.29) is 18.4 Å². The maximum Gasteiger partial charge on any atom is 0.250 e. The molecule has 5 heteroatoms. The molecule has 5 nitrogen and oxygen atoms in total. The van der Waals surface area contributed by atoms with Gasteiger partial charge in [-0.1, -0.05) is 42.0 Å². The summed E-state index contributed by atoms with van der Waals surface area (Å²) >= 11 is 0. The van der Waals surface area contributed by atoms with Crippen molar-refractivity contribution in [3.63, 3.8) is 0 Å². The largest absolute Gasteiger partial charge is 0.322 e. The zero-order valence-electron chi connectivity index (χ0n) is 15.7. The first-order valence-electron chi connectivity index (χ1n) is 8.76. The molecule has 0 aliphatic carbocycles. The summed E-state index contributed by atoms with van der Waals surface area (Å²) in [6.07, 6.45) is 0. The van der Waals surface area contributed by atoms with Gasteiger partial charge in [0.2, 0.25) is 11.8 Å². The predicted octanol–water partition coefficient (Wildman–Crippen LogP) is 3.19. The van der Waals surface area contributed by atoms with Gasteiger partial charge in [0, 0.05) is 6.54 Å². The Morgan fingerprint density at radius 2 is 1.77 bits per heavy atom. The van der Waals surface area contributed by atoms with Crippen molar-refractivity contribution in [1.29, 1.82) is 0 Å². The zero-order valence-corrected chi connectivity index (χ0v) is 15.7. The number of carbonyl (C=O) groups is 2. The van der Waals surface area contributed by atoms with Gasteiger partial charge in [0.1, 0.15) is 5.54 Å². The maximum absolute atomic E-state index is 13.1. The molecule has 0 aromatic heterocycles. The molecule has 2 aromatic carbocycles. The third-order valence-corrected chi connectivity index (χ3v) is 4.74. The normalized spacial score (nSPS) is 15.6. The van der Waals surface area contributed by atoms with Gasteiger partial charge in [-0.25, -0.2) is 0 Å². The third-order valence-electron chi connectivity index (χ3n) is 4.74. The summed E-state index contributed by atoms with van der Waals surface area (Å²) in [6, 6.07) is 15.7. The van der Waals surface area contributed by atoms with Crippen molar-refractivity contribution in [1.82, 2.24) is 4.90 Å². The molecular formula is C21H25N3O2. The number of fused-ring (bicyclic) bond motifs is 1. The molecule has 26 heavy (non-hydrogen) atoms. The van der Waals surface area contributed by atoms with Crippen molar-refractivity contribution in [2.75, 3.05) is 23.8 Å². The van der Waals surface area contributed by atoms with Crippen LogP contribution in [0.25, 0.3) is 0 Å². The van der Waals surface area contributed by atoms with E-state index in [0.29, 0.717) is 12.2 Å². The first kappa shape index (κ1) is 18.1. The van der Waals surface area contributed by atoms with Gasteiger partial charge in [-0.05, 0) is 45.5 Å². The molecule has 1 heterocycles. The number of para-hydroxylation sites is 2. The van der Waals surface area contributed by atoms with Crippen molar-refractivity contribution < 1.29 is 9.59 Å². The van der Waals surface area contributed by atoms with Gasteiger partial charge >= 0.3 is 0 Å². The highest BCUT2D eigenvalue weighted by Gasteiger charge is 2.43. The standard InChI is InChI=1S/C21H25N3O2/c1-15-9-11-16(12-10-15)13-23(4)14-19(25)24-18-8-6-5-7-17(18)22-20(26)21(24,2)3/h5-12H,13-14H2,1-4H3,(H,22,26). The summed E-state index contributed by atoms with van der Waals surface area (Å²) in [5.41, 5.74) is 2.85. The van der Waals surface area contributed by atoms with E-state index in [1.807, 2.05) is 36.2 Å². The Balaban J connectivity index is 1.79. The molecule has 0 bridgehead atoms. The summed E-state index contributed by atoms with van der Waals surface area (Å²) in [7, 11) is 1.92. The van der Waals surface area contributed by atoms with Crippen LogP contribution in [0, 0.1) is 6.92 Å². The first-order chi connectivity index (χ1) is 12.3. The molecule has 0 spiro atoms. The van der Waals surface area contributed by atoms with E-state index in [2.05, 4.69) is 36.5 Å². The number of hydrogen-bond donors (Lipinski definition) is 1. The van der Waals surface area contributed by atoms with Crippen molar-refractivity contribution in [3.05, 3.63) is 59.7 Å². The highest BCUT2D eigenvalue weighted by atomic mass is 16.2. The Bertz CT molecular complexity index is 827. The number of hydrogen-bond acceptors (Lipinski definition) is 3. The number of nitrogens with one attached hydrogen (secondary N) is 1. The lowest BCUT2D eigenvalue weighted by atomic mass is 9.96. The second kappa shape index (κ2) is 6.92. The van der Waals surface area contributed by atoms with Gasteiger partial charge in [0.15, 0.2) is 0 Å². The average molecular weight is 351 g/mol. The lowest BCUT2D eigenvalue weighted by Crippen LogP contribution is -2.60. The molecule has 2 amide bonds. The van der Waals surface area contributed by atoms with E-state index in [1.165, 1.54) is 5.56 Å². The van der Waals surface area contributed by atoms with Crippen LogP contribution in [0.15, 0.2) is 48.5 Å². The third kappa shape index (κ3) is 3.48. The molecule has 0 unspecified atom stereocenters. The lowest BCUT2D eigenvalue weighted by molar-refractivity contribution is -0.127. The molecular weight excluding hydrogens is 326 g/mol. The van der Waals surface area contributed by atoms with Gasteiger partial charge in [-0.2, -0.15) is 0 Å².